The van der Waals surface area contributed by atoms with Crippen LogP contribution in [0.3, 0.4) is 0 Å². The smallest absolute Gasteiger partial charge is 0.238 e. The first-order valence-corrected chi connectivity index (χ1v) is 6.92. The largest absolute Gasteiger partial charge is 0.325 e. The molecular formula is C14H17ClN4O. The van der Waals surface area contributed by atoms with E-state index < -0.39 is 0 Å². The lowest BCUT2D eigenvalue weighted by Gasteiger charge is -2.33. The summed E-state index contributed by atoms with van der Waals surface area (Å²) in [6.07, 6.45) is 0. The van der Waals surface area contributed by atoms with Gasteiger partial charge in [0.15, 0.2) is 0 Å². The molecule has 2 rings (SSSR count). The van der Waals surface area contributed by atoms with Gasteiger partial charge >= 0.3 is 0 Å². The molecule has 1 aromatic carbocycles. The van der Waals surface area contributed by atoms with Gasteiger partial charge in [-0.3, -0.25) is 9.69 Å². The van der Waals surface area contributed by atoms with Crippen molar-refractivity contribution in [1.29, 1.82) is 5.26 Å². The van der Waals surface area contributed by atoms with E-state index in [2.05, 4.69) is 22.5 Å². The molecule has 1 aromatic rings. The molecule has 1 fully saturated rings. The SMILES string of the molecule is C[C@@H]1CNCCN1CC(=O)Nc1ccc(C#N)c(Cl)c1. The summed E-state index contributed by atoms with van der Waals surface area (Å²) in [5, 5.41) is 15.2. The molecule has 0 saturated carbocycles. The van der Waals surface area contributed by atoms with Crippen LogP contribution in [0.25, 0.3) is 0 Å². The van der Waals surface area contributed by atoms with E-state index in [0.717, 1.165) is 19.6 Å². The summed E-state index contributed by atoms with van der Waals surface area (Å²) in [5.41, 5.74) is 1.02. The van der Waals surface area contributed by atoms with E-state index in [1.807, 2.05) is 6.07 Å². The van der Waals surface area contributed by atoms with Crippen molar-refractivity contribution in [1.82, 2.24) is 10.2 Å². The van der Waals surface area contributed by atoms with Crippen LogP contribution in [-0.2, 0) is 4.79 Å². The Morgan fingerprint density at radius 3 is 3.10 bits per heavy atom. The summed E-state index contributed by atoms with van der Waals surface area (Å²) in [6, 6.07) is 7.22. The molecule has 1 amide bonds. The summed E-state index contributed by atoms with van der Waals surface area (Å²) >= 11 is 5.94. The Kier molecular flexibility index (Phi) is 4.96. The number of benzene rings is 1. The fourth-order valence-corrected chi connectivity index (χ4v) is 2.41. The number of hydrogen-bond donors (Lipinski definition) is 2. The molecule has 1 atom stereocenters. The lowest BCUT2D eigenvalue weighted by Crippen LogP contribution is -2.51. The summed E-state index contributed by atoms with van der Waals surface area (Å²) in [5.74, 6) is -0.0699. The molecule has 0 aliphatic carbocycles. The third kappa shape index (κ3) is 3.70. The molecule has 1 heterocycles. The fraction of sp³-hybridized carbons (Fsp3) is 0.429. The zero-order chi connectivity index (χ0) is 14.5. The highest BCUT2D eigenvalue weighted by Gasteiger charge is 2.20. The van der Waals surface area contributed by atoms with Gasteiger partial charge in [-0.05, 0) is 25.1 Å². The fourth-order valence-electron chi connectivity index (χ4n) is 2.19. The third-order valence-electron chi connectivity index (χ3n) is 3.36. The number of rotatable bonds is 3. The molecule has 6 heteroatoms. The predicted octanol–water partition coefficient (Wildman–Crippen LogP) is 1.44. The number of nitriles is 1. The van der Waals surface area contributed by atoms with Crippen LogP contribution >= 0.6 is 11.6 Å². The van der Waals surface area contributed by atoms with E-state index in [1.165, 1.54) is 0 Å². The minimum Gasteiger partial charge on any atom is -0.325 e. The van der Waals surface area contributed by atoms with E-state index >= 15 is 0 Å². The van der Waals surface area contributed by atoms with Crippen molar-refractivity contribution in [2.75, 3.05) is 31.5 Å². The van der Waals surface area contributed by atoms with Gasteiger partial charge in [0.05, 0.1) is 17.1 Å². The molecule has 106 valence electrons. The molecule has 1 aliphatic heterocycles. The number of anilines is 1. The Balaban J connectivity index is 1.94. The van der Waals surface area contributed by atoms with E-state index in [4.69, 9.17) is 16.9 Å². The van der Waals surface area contributed by atoms with Gasteiger partial charge in [-0.25, -0.2) is 0 Å². The predicted molar refractivity (Wildman–Crippen MR) is 78.7 cm³/mol. The van der Waals surface area contributed by atoms with Crippen LogP contribution in [0.5, 0.6) is 0 Å². The van der Waals surface area contributed by atoms with Crippen molar-refractivity contribution in [2.45, 2.75) is 13.0 Å². The van der Waals surface area contributed by atoms with Crippen LogP contribution in [0.1, 0.15) is 12.5 Å². The van der Waals surface area contributed by atoms with Gasteiger partial charge in [0, 0.05) is 31.4 Å². The van der Waals surface area contributed by atoms with Crippen molar-refractivity contribution in [3.63, 3.8) is 0 Å². The standard InChI is InChI=1S/C14H17ClN4O/c1-10-8-17-4-5-19(10)9-14(20)18-12-3-2-11(7-16)13(15)6-12/h2-3,6,10,17H,4-5,8-9H2,1H3,(H,18,20)/t10-/m1/s1. The second-order valence-electron chi connectivity index (χ2n) is 4.88. The van der Waals surface area contributed by atoms with Crippen LogP contribution in [0, 0.1) is 11.3 Å². The van der Waals surface area contributed by atoms with Crippen molar-refractivity contribution < 1.29 is 4.79 Å². The second-order valence-corrected chi connectivity index (χ2v) is 5.29. The highest BCUT2D eigenvalue weighted by molar-refractivity contribution is 6.32. The summed E-state index contributed by atoms with van der Waals surface area (Å²) < 4.78 is 0. The maximum atomic E-state index is 12.0. The van der Waals surface area contributed by atoms with E-state index in [0.29, 0.717) is 28.9 Å². The van der Waals surface area contributed by atoms with Crippen LogP contribution in [0.2, 0.25) is 5.02 Å². The maximum absolute atomic E-state index is 12.0. The zero-order valence-electron chi connectivity index (χ0n) is 11.3. The second kappa shape index (κ2) is 6.71. The van der Waals surface area contributed by atoms with Gasteiger partial charge in [-0.1, -0.05) is 11.6 Å². The van der Waals surface area contributed by atoms with Crippen molar-refractivity contribution >= 4 is 23.2 Å². The molecule has 0 bridgehead atoms. The number of piperazine rings is 1. The maximum Gasteiger partial charge on any atom is 0.238 e. The third-order valence-corrected chi connectivity index (χ3v) is 3.67. The monoisotopic (exact) mass is 292 g/mol. The first-order chi connectivity index (χ1) is 9.60. The van der Waals surface area contributed by atoms with Crippen LogP contribution < -0.4 is 10.6 Å². The molecule has 0 unspecified atom stereocenters. The zero-order valence-corrected chi connectivity index (χ0v) is 12.1. The quantitative estimate of drug-likeness (QED) is 0.885. The van der Waals surface area contributed by atoms with Gasteiger partial charge in [0.2, 0.25) is 5.91 Å². The number of hydrogen-bond acceptors (Lipinski definition) is 4. The Hall–Kier alpha value is -1.61. The first kappa shape index (κ1) is 14.8. The van der Waals surface area contributed by atoms with Crippen molar-refractivity contribution in [3.8, 4) is 6.07 Å². The van der Waals surface area contributed by atoms with Gasteiger partial charge in [0.1, 0.15) is 6.07 Å². The molecule has 0 radical (unpaired) electrons. The van der Waals surface area contributed by atoms with Gasteiger partial charge < -0.3 is 10.6 Å². The number of carbonyl (C=O) groups excluding carboxylic acids is 1. The molecule has 1 aliphatic rings. The molecule has 1 saturated heterocycles. The number of nitrogens with one attached hydrogen (secondary N) is 2. The first-order valence-electron chi connectivity index (χ1n) is 6.54. The van der Waals surface area contributed by atoms with Crippen LogP contribution in [0.15, 0.2) is 18.2 Å². The Morgan fingerprint density at radius 1 is 1.65 bits per heavy atom. The van der Waals surface area contributed by atoms with E-state index in [9.17, 15) is 4.79 Å². The topological polar surface area (TPSA) is 68.2 Å². The molecular weight excluding hydrogens is 276 g/mol. The van der Waals surface area contributed by atoms with Gasteiger partial charge in [0.25, 0.3) is 0 Å². The number of carbonyl (C=O) groups is 1. The average Bonchev–Trinajstić information content (AvgIpc) is 2.41. The Morgan fingerprint density at radius 2 is 2.45 bits per heavy atom. The summed E-state index contributed by atoms with van der Waals surface area (Å²) in [4.78, 5) is 14.1. The van der Waals surface area contributed by atoms with E-state index in [-0.39, 0.29) is 5.91 Å². The number of halogens is 1. The van der Waals surface area contributed by atoms with Crippen molar-refractivity contribution in [2.24, 2.45) is 0 Å². The Bertz CT molecular complexity index is 540. The molecule has 20 heavy (non-hydrogen) atoms. The van der Waals surface area contributed by atoms with Crippen LogP contribution in [0.4, 0.5) is 5.69 Å². The van der Waals surface area contributed by atoms with Gasteiger partial charge in [-0.2, -0.15) is 5.26 Å². The highest BCUT2D eigenvalue weighted by Crippen LogP contribution is 2.20. The number of nitrogens with zero attached hydrogens (tertiary/aromatic N) is 2. The average molecular weight is 293 g/mol. The normalized spacial score (nSPS) is 19.4. The minimum atomic E-state index is -0.0699. The Labute approximate surface area is 123 Å². The summed E-state index contributed by atoms with van der Waals surface area (Å²) in [6.45, 7) is 5.12. The summed E-state index contributed by atoms with van der Waals surface area (Å²) in [7, 11) is 0. The van der Waals surface area contributed by atoms with E-state index in [1.54, 1.807) is 18.2 Å². The molecule has 0 aromatic heterocycles. The number of amides is 1. The molecule has 2 N–H and O–H groups in total. The lowest BCUT2D eigenvalue weighted by atomic mass is 10.2. The van der Waals surface area contributed by atoms with Crippen LogP contribution in [-0.4, -0.2) is 43.0 Å². The van der Waals surface area contributed by atoms with Gasteiger partial charge in [-0.15, -0.1) is 0 Å². The molecule has 5 nitrogen and oxygen atoms in total. The minimum absolute atomic E-state index is 0.0699. The highest BCUT2D eigenvalue weighted by atomic mass is 35.5. The van der Waals surface area contributed by atoms with Crippen molar-refractivity contribution in [3.05, 3.63) is 28.8 Å². The lowest BCUT2D eigenvalue weighted by molar-refractivity contribution is -0.118. The molecule has 0 spiro atoms.